The average Bonchev–Trinajstić information content (AvgIpc) is 1.87. The third-order valence-electron chi connectivity index (χ3n) is 1.20. The minimum atomic E-state index is 0.517. The Morgan fingerprint density at radius 3 is 2.18 bits per heavy atom. The largest absolute Gasteiger partial charge is 0.403 e. The molecular formula is C8H15N3. The van der Waals surface area contributed by atoms with Crippen LogP contribution in [0.4, 0.5) is 0 Å². The number of nitrogens with one attached hydrogen (secondary N) is 2. The molecule has 0 aromatic carbocycles. The summed E-state index contributed by atoms with van der Waals surface area (Å²) in [6.45, 7) is 5.63. The van der Waals surface area contributed by atoms with Crippen molar-refractivity contribution in [2.45, 2.75) is 20.8 Å². The van der Waals surface area contributed by atoms with E-state index in [1.165, 1.54) is 6.20 Å². The fourth-order valence-corrected chi connectivity index (χ4v) is 0.759. The van der Waals surface area contributed by atoms with Gasteiger partial charge in [-0.2, -0.15) is 0 Å². The molecule has 3 nitrogen and oxygen atoms in total. The van der Waals surface area contributed by atoms with Crippen LogP contribution in [-0.4, -0.2) is 5.71 Å². The molecule has 3 heteroatoms. The van der Waals surface area contributed by atoms with E-state index in [0.717, 1.165) is 11.3 Å². The SMILES string of the molecule is CC(=N)C(N/C=C/N)=C(C)C. The predicted octanol–water partition coefficient (Wildman–Crippen LogP) is 1.34. The van der Waals surface area contributed by atoms with Crippen molar-refractivity contribution in [2.75, 3.05) is 0 Å². The summed E-state index contributed by atoms with van der Waals surface area (Å²) < 4.78 is 0. The van der Waals surface area contributed by atoms with E-state index in [4.69, 9.17) is 11.1 Å². The van der Waals surface area contributed by atoms with Gasteiger partial charge in [0.05, 0.1) is 11.4 Å². The summed E-state index contributed by atoms with van der Waals surface area (Å²) in [5.74, 6) is 0. The van der Waals surface area contributed by atoms with Gasteiger partial charge in [-0.25, -0.2) is 0 Å². The van der Waals surface area contributed by atoms with Gasteiger partial charge in [0.1, 0.15) is 0 Å². The molecule has 0 aliphatic heterocycles. The van der Waals surface area contributed by atoms with Crippen molar-refractivity contribution in [1.82, 2.24) is 5.32 Å². The van der Waals surface area contributed by atoms with Crippen LogP contribution in [0.3, 0.4) is 0 Å². The zero-order chi connectivity index (χ0) is 8.85. The van der Waals surface area contributed by atoms with Gasteiger partial charge in [0.15, 0.2) is 0 Å². The van der Waals surface area contributed by atoms with E-state index >= 15 is 0 Å². The zero-order valence-electron chi connectivity index (χ0n) is 7.23. The standard InChI is InChI=1S/C8H15N3/c1-6(2)8(7(3)10)11-5-4-9/h4-5,10-11H,9H2,1-3H3/b5-4+,10-7?. The van der Waals surface area contributed by atoms with Crippen LogP contribution < -0.4 is 11.1 Å². The van der Waals surface area contributed by atoms with Crippen molar-refractivity contribution < 1.29 is 0 Å². The first-order chi connectivity index (χ1) is 5.09. The maximum absolute atomic E-state index is 7.37. The van der Waals surface area contributed by atoms with Crippen LogP contribution in [0.25, 0.3) is 0 Å². The summed E-state index contributed by atoms with van der Waals surface area (Å²) in [4.78, 5) is 0. The fourth-order valence-electron chi connectivity index (χ4n) is 0.759. The van der Waals surface area contributed by atoms with Crippen LogP contribution in [0.1, 0.15) is 20.8 Å². The first-order valence-electron chi connectivity index (χ1n) is 3.46. The molecule has 0 aromatic heterocycles. The second-order valence-corrected chi connectivity index (χ2v) is 2.50. The number of hydrogen-bond donors (Lipinski definition) is 3. The Morgan fingerprint density at radius 2 is 1.91 bits per heavy atom. The molecule has 0 spiro atoms. The Labute approximate surface area is 67.5 Å². The van der Waals surface area contributed by atoms with Gasteiger partial charge in [-0.1, -0.05) is 5.57 Å². The molecule has 0 saturated heterocycles. The van der Waals surface area contributed by atoms with Gasteiger partial charge in [0.25, 0.3) is 0 Å². The fraction of sp³-hybridized carbons (Fsp3) is 0.375. The molecule has 0 aliphatic carbocycles. The molecule has 0 radical (unpaired) electrons. The Balaban J connectivity index is 4.38. The van der Waals surface area contributed by atoms with Gasteiger partial charge >= 0.3 is 0 Å². The van der Waals surface area contributed by atoms with Gasteiger partial charge < -0.3 is 16.5 Å². The lowest BCUT2D eigenvalue weighted by Crippen LogP contribution is -2.13. The molecule has 0 rings (SSSR count). The monoisotopic (exact) mass is 153 g/mol. The highest BCUT2D eigenvalue weighted by Gasteiger charge is 1.97. The van der Waals surface area contributed by atoms with Gasteiger partial charge in [0.2, 0.25) is 0 Å². The van der Waals surface area contributed by atoms with Crippen LogP contribution in [0.2, 0.25) is 0 Å². The van der Waals surface area contributed by atoms with Crippen LogP contribution in [0.15, 0.2) is 23.7 Å². The Kier molecular flexibility index (Phi) is 4.03. The lowest BCUT2D eigenvalue weighted by Gasteiger charge is -2.06. The van der Waals surface area contributed by atoms with Crippen molar-refractivity contribution in [2.24, 2.45) is 5.73 Å². The molecule has 0 atom stereocenters. The number of hydrogen-bond acceptors (Lipinski definition) is 3. The van der Waals surface area contributed by atoms with Crippen molar-refractivity contribution in [3.8, 4) is 0 Å². The molecule has 0 bridgehead atoms. The molecule has 11 heavy (non-hydrogen) atoms. The van der Waals surface area contributed by atoms with E-state index in [-0.39, 0.29) is 0 Å². The first-order valence-corrected chi connectivity index (χ1v) is 3.46. The zero-order valence-corrected chi connectivity index (χ0v) is 7.23. The van der Waals surface area contributed by atoms with Crippen molar-refractivity contribution in [1.29, 1.82) is 5.41 Å². The van der Waals surface area contributed by atoms with Crippen LogP contribution >= 0.6 is 0 Å². The Hall–Kier alpha value is -1.25. The lowest BCUT2D eigenvalue weighted by molar-refractivity contribution is 1.07. The van der Waals surface area contributed by atoms with Crippen molar-refractivity contribution >= 4 is 5.71 Å². The quantitative estimate of drug-likeness (QED) is 0.536. The van der Waals surface area contributed by atoms with Gasteiger partial charge in [-0.3, -0.25) is 0 Å². The molecule has 0 unspecified atom stereocenters. The number of allylic oxidation sites excluding steroid dienone is 2. The second-order valence-electron chi connectivity index (χ2n) is 2.50. The van der Waals surface area contributed by atoms with E-state index in [9.17, 15) is 0 Å². The first kappa shape index (κ1) is 9.75. The van der Waals surface area contributed by atoms with Crippen LogP contribution in [0.5, 0.6) is 0 Å². The summed E-state index contributed by atoms with van der Waals surface area (Å²) in [6.07, 6.45) is 3.02. The molecule has 4 N–H and O–H groups in total. The summed E-state index contributed by atoms with van der Waals surface area (Å²) >= 11 is 0. The molecule has 62 valence electrons. The predicted molar refractivity (Wildman–Crippen MR) is 48.2 cm³/mol. The average molecular weight is 153 g/mol. The molecule has 0 aromatic rings. The normalized spacial score (nSPS) is 9.73. The minimum absolute atomic E-state index is 0.517. The third-order valence-corrected chi connectivity index (χ3v) is 1.20. The highest BCUT2D eigenvalue weighted by molar-refractivity contribution is 5.95. The third kappa shape index (κ3) is 3.45. The van der Waals surface area contributed by atoms with E-state index in [1.807, 2.05) is 13.8 Å². The van der Waals surface area contributed by atoms with E-state index in [0.29, 0.717) is 5.71 Å². The van der Waals surface area contributed by atoms with Gasteiger partial charge in [0, 0.05) is 12.4 Å². The maximum Gasteiger partial charge on any atom is 0.0575 e. The molecule has 0 fully saturated rings. The van der Waals surface area contributed by atoms with Gasteiger partial charge in [-0.15, -0.1) is 0 Å². The van der Waals surface area contributed by atoms with Gasteiger partial charge in [-0.05, 0) is 20.8 Å². The Bertz CT molecular complexity index is 197. The minimum Gasteiger partial charge on any atom is -0.403 e. The number of nitrogens with two attached hydrogens (primary N) is 1. The summed E-state index contributed by atoms with van der Waals surface area (Å²) in [6, 6.07) is 0. The number of rotatable bonds is 3. The van der Waals surface area contributed by atoms with E-state index in [1.54, 1.807) is 13.1 Å². The summed E-state index contributed by atoms with van der Waals surface area (Å²) in [7, 11) is 0. The Morgan fingerprint density at radius 1 is 1.36 bits per heavy atom. The highest BCUT2D eigenvalue weighted by atomic mass is 14.9. The van der Waals surface area contributed by atoms with E-state index < -0.39 is 0 Å². The van der Waals surface area contributed by atoms with Crippen molar-refractivity contribution in [3.63, 3.8) is 0 Å². The van der Waals surface area contributed by atoms with Crippen LogP contribution in [-0.2, 0) is 0 Å². The molecular weight excluding hydrogens is 138 g/mol. The lowest BCUT2D eigenvalue weighted by atomic mass is 10.2. The smallest absolute Gasteiger partial charge is 0.0575 e. The highest BCUT2D eigenvalue weighted by Crippen LogP contribution is 2.00. The van der Waals surface area contributed by atoms with Crippen molar-refractivity contribution in [3.05, 3.63) is 23.7 Å². The topological polar surface area (TPSA) is 61.9 Å². The molecule has 0 heterocycles. The maximum atomic E-state index is 7.37. The van der Waals surface area contributed by atoms with E-state index in [2.05, 4.69) is 5.32 Å². The summed E-state index contributed by atoms with van der Waals surface area (Å²) in [5.41, 5.74) is 7.56. The van der Waals surface area contributed by atoms with Crippen LogP contribution in [0, 0.1) is 5.41 Å². The molecule has 0 aliphatic rings. The molecule has 0 saturated carbocycles. The summed E-state index contributed by atoms with van der Waals surface area (Å²) in [5, 5.41) is 10.3. The second kappa shape index (κ2) is 4.55. The molecule has 0 amide bonds.